The average molecular weight is 380 g/mol. The molecule has 0 unspecified atom stereocenters. The Kier molecular flexibility index (Phi) is 3.92. The van der Waals surface area contributed by atoms with Gasteiger partial charge in [-0.15, -0.1) is 0 Å². The smallest absolute Gasteiger partial charge is 0.166 e. The van der Waals surface area contributed by atoms with E-state index in [1.807, 2.05) is 4.68 Å². The van der Waals surface area contributed by atoms with E-state index >= 15 is 0 Å². The first-order chi connectivity index (χ1) is 9.70. The Bertz CT molecular complexity index is 643. The molecule has 0 atom stereocenters. The van der Waals surface area contributed by atoms with Gasteiger partial charge in [0.05, 0.1) is 22.6 Å². The highest BCUT2D eigenvalue weighted by atomic mass is 127. The second-order valence-electron chi connectivity index (χ2n) is 5.18. The Hall–Kier alpha value is -1.17. The van der Waals surface area contributed by atoms with Crippen LogP contribution in [0.15, 0.2) is 24.3 Å². The average Bonchev–Trinajstić information content (AvgIpc) is 2.80. The molecule has 2 aromatic rings. The van der Waals surface area contributed by atoms with Crippen molar-refractivity contribution < 1.29 is 4.79 Å². The van der Waals surface area contributed by atoms with Gasteiger partial charge in [0.2, 0.25) is 0 Å². The van der Waals surface area contributed by atoms with Crippen LogP contribution in [-0.4, -0.2) is 15.6 Å². The highest BCUT2D eigenvalue weighted by molar-refractivity contribution is 14.1. The van der Waals surface area contributed by atoms with Gasteiger partial charge in [-0.25, -0.2) is 4.68 Å². The summed E-state index contributed by atoms with van der Waals surface area (Å²) in [5.41, 5.74) is 4.03. The third-order valence-electron chi connectivity index (χ3n) is 3.71. The Morgan fingerprint density at radius 2 is 2.00 bits per heavy atom. The lowest BCUT2D eigenvalue weighted by Gasteiger charge is -2.13. The molecule has 0 saturated heterocycles. The first kappa shape index (κ1) is 13.8. The minimum absolute atomic E-state index is 0.270. The van der Waals surface area contributed by atoms with E-state index in [0.717, 1.165) is 48.3 Å². The molecule has 0 radical (unpaired) electrons. The first-order valence-corrected chi connectivity index (χ1v) is 8.18. The van der Waals surface area contributed by atoms with Crippen LogP contribution in [0.3, 0.4) is 0 Å². The fraction of sp³-hybridized carbons (Fsp3) is 0.375. The van der Waals surface area contributed by atoms with Crippen LogP contribution in [0.2, 0.25) is 0 Å². The van der Waals surface area contributed by atoms with Crippen molar-refractivity contribution in [1.82, 2.24) is 9.78 Å². The number of aromatic nitrogens is 2. The molecule has 0 amide bonds. The summed E-state index contributed by atoms with van der Waals surface area (Å²) >= 11 is 2.30. The molecule has 3 rings (SSSR count). The van der Waals surface area contributed by atoms with Crippen LogP contribution in [0.25, 0.3) is 5.69 Å². The van der Waals surface area contributed by atoms with Gasteiger partial charge in [-0.2, -0.15) is 5.10 Å². The molecule has 3 nitrogen and oxygen atoms in total. The minimum atomic E-state index is 0.270. The third kappa shape index (κ3) is 2.41. The van der Waals surface area contributed by atoms with Gasteiger partial charge in [0.1, 0.15) is 0 Å². The molecule has 1 aromatic carbocycles. The SMILES string of the molecule is CCCc1nn(-c2ccc(I)cc2)c2c1C(=O)CCC2. The van der Waals surface area contributed by atoms with Gasteiger partial charge < -0.3 is 0 Å². The van der Waals surface area contributed by atoms with Crippen molar-refractivity contribution >= 4 is 28.4 Å². The molecular formula is C16H17IN2O. The second kappa shape index (κ2) is 5.68. The highest BCUT2D eigenvalue weighted by Crippen LogP contribution is 2.27. The van der Waals surface area contributed by atoms with Crippen LogP contribution in [0.5, 0.6) is 0 Å². The van der Waals surface area contributed by atoms with Gasteiger partial charge in [-0.05, 0) is 66.1 Å². The van der Waals surface area contributed by atoms with Crippen molar-refractivity contribution in [2.24, 2.45) is 0 Å². The minimum Gasteiger partial charge on any atom is -0.294 e. The molecule has 0 saturated carbocycles. The van der Waals surface area contributed by atoms with Gasteiger partial charge in [0.15, 0.2) is 5.78 Å². The molecule has 0 fully saturated rings. The Morgan fingerprint density at radius 3 is 2.70 bits per heavy atom. The van der Waals surface area contributed by atoms with Gasteiger partial charge in [-0.1, -0.05) is 13.3 Å². The molecule has 0 aliphatic heterocycles. The van der Waals surface area contributed by atoms with Gasteiger partial charge in [0, 0.05) is 9.99 Å². The van der Waals surface area contributed by atoms with Gasteiger partial charge in [-0.3, -0.25) is 4.79 Å². The molecule has 1 heterocycles. The third-order valence-corrected chi connectivity index (χ3v) is 4.43. The van der Waals surface area contributed by atoms with Crippen molar-refractivity contribution in [3.05, 3.63) is 44.8 Å². The van der Waals surface area contributed by atoms with Crippen LogP contribution in [0, 0.1) is 3.57 Å². The van der Waals surface area contributed by atoms with E-state index in [9.17, 15) is 4.79 Å². The number of carbonyl (C=O) groups excluding carboxylic acids is 1. The molecule has 20 heavy (non-hydrogen) atoms. The number of rotatable bonds is 3. The number of hydrogen-bond acceptors (Lipinski definition) is 2. The lowest BCUT2D eigenvalue weighted by atomic mass is 9.93. The predicted molar refractivity (Wildman–Crippen MR) is 87.5 cm³/mol. The summed E-state index contributed by atoms with van der Waals surface area (Å²) in [6, 6.07) is 8.30. The number of carbonyl (C=O) groups is 1. The summed E-state index contributed by atoms with van der Waals surface area (Å²) < 4.78 is 3.19. The highest BCUT2D eigenvalue weighted by Gasteiger charge is 2.26. The Morgan fingerprint density at radius 1 is 1.25 bits per heavy atom. The lowest BCUT2D eigenvalue weighted by molar-refractivity contribution is 0.0971. The molecule has 0 spiro atoms. The fourth-order valence-corrected chi connectivity index (χ4v) is 3.16. The zero-order valence-electron chi connectivity index (χ0n) is 11.5. The zero-order chi connectivity index (χ0) is 14.1. The molecule has 0 N–H and O–H groups in total. The van der Waals surface area contributed by atoms with E-state index in [2.05, 4.69) is 53.8 Å². The second-order valence-corrected chi connectivity index (χ2v) is 6.43. The van der Waals surface area contributed by atoms with Crippen LogP contribution >= 0.6 is 22.6 Å². The van der Waals surface area contributed by atoms with Crippen molar-refractivity contribution in [2.75, 3.05) is 0 Å². The summed E-state index contributed by atoms with van der Waals surface area (Å²) in [6.45, 7) is 2.13. The quantitative estimate of drug-likeness (QED) is 0.756. The molecule has 1 aromatic heterocycles. The molecule has 1 aliphatic carbocycles. The number of halogens is 1. The van der Waals surface area contributed by atoms with Crippen molar-refractivity contribution in [3.8, 4) is 5.69 Å². The van der Waals surface area contributed by atoms with E-state index < -0.39 is 0 Å². The number of nitrogens with zero attached hydrogens (tertiary/aromatic N) is 2. The van der Waals surface area contributed by atoms with E-state index in [-0.39, 0.29) is 5.78 Å². The lowest BCUT2D eigenvalue weighted by Crippen LogP contribution is -2.13. The van der Waals surface area contributed by atoms with Crippen LogP contribution in [0.1, 0.15) is 47.9 Å². The summed E-state index contributed by atoms with van der Waals surface area (Å²) in [6.07, 6.45) is 4.45. The standard InChI is InChI=1S/C16H17IN2O/c1-2-4-13-16-14(5-3-6-15(16)20)19(18-13)12-9-7-11(17)8-10-12/h7-10H,2-6H2,1H3. The van der Waals surface area contributed by atoms with Gasteiger partial charge >= 0.3 is 0 Å². The largest absolute Gasteiger partial charge is 0.294 e. The van der Waals surface area contributed by atoms with Crippen LogP contribution in [-0.2, 0) is 12.8 Å². The van der Waals surface area contributed by atoms with E-state index in [0.29, 0.717) is 6.42 Å². The fourth-order valence-electron chi connectivity index (χ4n) is 2.81. The maximum atomic E-state index is 12.2. The maximum Gasteiger partial charge on any atom is 0.166 e. The Labute approximate surface area is 132 Å². The molecular weight excluding hydrogens is 363 g/mol. The van der Waals surface area contributed by atoms with Crippen LogP contribution < -0.4 is 0 Å². The molecule has 104 valence electrons. The summed E-state index contributed by atoms with van der Waals surface area (Å²) in [5.74, 6) is 0.270. The normalized spacial score (nSPS) is 14.4. The monoisotopic (exact) mass is 380 g/mol. The topological polar surface area (TPSA) is 34.9 Å². The zero-order valence-corrected chi connectivity index (χ0v) is 13.7. The maximum absolute atomic E-state index is 12.2. The Balaban J connectivity index is 2.14. The summed E-state index contributed by atoms with van der Waals surface area (Å²) in [4.78, 5) is 12.2. The summed E-state index contributed by atoms with van der Waals surface area (Å²) in [5, 5.41) is 4.73. The van der Waals surface area contributed by atoms with Crippen LogP contribution in [0.4, 0.5) is 0 Å². The van der Waals surface area contributed by atoms with Crippen molar-refractivity contribution in [2.45, 2.75) is 39.0 Å². The van der Waals surface area contributed by atoms with Gasteiger partial charge in [0.25, 0.3) is 0 Å². The molecule has 4 heteroatoms. The van der Waals surface area contributed by atoms with E-state index in [1.54, 1.807) is 0 Å². The van der Waals surface area contributed by atoms with Crippen molar-refractivity contribution in [3.63, 3.8) is 0 Å². The summed E-state index contributed by atoms with van der Waals surface area (Å²) in [7, 11) is 0. The number of Topliss-reactive ketones (excluding diaryl/α,β-unsaturated/α-hetero) is 1. The van der Waals surface area contributed by atoms with Crippen molar-refractivity contribution in [1.29, 1.82) is 0 Å². The number of aryl methyl sites for hydroxylation is 1. The first-order valence-electron chi connectivity index (χ1n) is 7.10. The molecule has 1 aliphatic rings. The number of ketones is 1. The van der Waals surface area contributed by atoms with E-state index in [1.165, 1.54) is 3.57 Å². The predicted octanol–water partition coefficient (Wildman–Crippen LogP) is 3.95. The number of benzene rings is 1. The molecule has 0 bridgehead atoms. The number of hydrogen-bond donors (Lipinski definition) is 0. The number of fused-ring (bicyclic) bond motifs is 1. The van der Waals surface area contributed by atoms with E-state index in [4.69, 9.17) is 5.10 Å².